The second-order valence-electron chi connectivity index (χ2n) is 6.40. The normalized spacial score (nSPS) is 15.3. The standard InChI is InChI=1S/C21H25N2/c1-6-17-9-12-21-20(15(2)16(3)23(21)14-17)13-18-7-10-19(11-8-18)22(4)5/h7-14H,6H2,1-5H3/q+1. The molecule has 3 rings (SSSR count). The topological polar surface area (TPSA) is 7.12 Å². The Bertz CT molecular complexity index is 793. The van der Waals surface area contributed by atoms with Crippen LogP contribution in [0.4, 0.5) is 5.69 Å². The number of anilines is 1. The molecule has 0 radical (unpaired) electrons. The molecule has 118 valence electrons. The average Bonchev–Trinajstić information content (AvgIpc) is 2.80. The van der Waals surface area contributed by atoms with Gasteiger partial charge in [-0.25, -0.2) is 0 Å². The van der Waals surface area contributed by atoms with Crippen molar-refractivity contribution >= 4 is 23.0 Å². The molecule has 0 N–H and O–H groups in total. The minimum atomic E-state index is 1.07. The third-order valence-corrected chi connectivity index (χ3v) is 4.72. The number of benzene rings is 1. The molecule has 1 aromatic carbocycles. The molecule has 0 aliphatic carbocycles. The first-order valence-corrected chi connectivity index (χ1v) is 8.23. The Morgan fingerprint density at radius 1 is 1.00 bits per heavy atom. The molecule has 23 heavy (non-hydrogen) atoms. The molecule has 2 aromatic rings. The van der Waals surface area contributed by atoms with Crippen molar-refractivity contribution < 1.29 is 4.57 Å². The van der Waals surface area contributed by atoms with Gasteiger partial charge in [0.1, 0.15) is 0 Å². The predicted molar refractivity (Wildman–Crippen MR) is 99.2 cm³/mol. The van der Waals surface area contributed by atoms with Gasteiger partial charge in [0.05, 0.1) is 5.57 Å². The van der Waals surface area contributed by atoms with Gasteiger partial charge in [-0.2, -0.15) is 4.57 Å². The van der Waals surface area contributed by atoms with Gasteiger partial charge in [0.2, 0.25) is 5.69 Å². The van der Waals surface area contributed by atoms with E-state index >= 15 is 0 Å². The van der Waals surface area contributed by atoms with Crippen molar-refractivity contribution in [2.24, 2.45) is 0 Å². The molecule has 0 spiro atoms. The van der Waals surface area contributed by atoms with Crippen LogP contribution >= 0.6 is 0 Å². The first-order chi connectivity index (χ1) is 11.0. The van der Waals surface area contributed by atoms with E-state index in [0.717, 1.165) is 6.42 Å². The van der Waals surface area contributed by atoms with E-state index in [1.54, 1.807) is 0 Å². The number of hydrogen-bond donors (Lipinski definition) is 0. The van der Waals surface area contributed by atoms with Crippen molar-refractivity contribution in [2.75, 3.05) is 19.0 Å². The van der Waals surface area contributed by atoms with E-state index in [1.807, 2.05) is 0 Å². The van der Waals surface area contributed by atoms with Gasteiger partial charge in [-0.05, 0) is 43.2 Å². The van der Waals surface area contributed by atoms with Crippen LogP contribution < -0.4 is 9.47 Å². The Labute approximate surface area is 139 Å². The van der Waals surface area contributed by atoms with Gasteiger partial charge in [-0.1, -0.05) is 19.1 Å². The number of aryl methyl sites for hydroxylation is 1. The van der Waals surface area contributed by atoms with E-state index in [9.17, 15) is 0 Å². The summed E-state index contributed by atoms with van der Waals surface area (Å²) in [6.07, 6.45) is 5.63. The van der Waals surface area contributed by atoms with E-state index in [4.69, 9.17) is 0 Å². The number of allylic oxidation sites excluding steroid dienone is 3. The maximum absolute atomic E-state index is 2.33. The van der Waals surface area contributed by atoms with Crippen LogP contribution in [-0.4, -0.2) is 14.1 Å². The van der Waals surface area contributed by atoms with Crippen molar-refractivity contribution in [3.05, 3.63) is 65.0 Å². The van der Waals surface area contributed by atoms with Crippen LogP contribution in [-0.2, 0) is 6.42 Å². The minimum absolute atomic E-state index is 1.07. The molecule has 0 amide bonds. The molecular formula is C21H25N2+. The SMILES string of the molecule is CCc1ccc2[n+](c1)C(C)=C(C)/C2=C\c1ccc(N(C)C)cc1. The van der Waals surface area contributed by atoms with Crippen LogP contribution in [0.5, 0.6) is 0 Å². The molecule has 1 aliphatic heterocycles. The van der Waals surface area contributed by atoms with E-state index in [2.05, 4.69) is 93.0 Å². The highest BCUT2D eigenvalue weighted by Crippen LogP contribution is 2.32. The molecule has 0 atom stereocenters. The van der Waals surface area contributed by atoms with Crippen LogP contribution in [0.15, 0.2) is 48.2 Å². The van der Waals surface area contributed by atoms with Gasteiger partial charge in [-0.15, -0.1) is 0 Å². The fourth-order valence-electron chi connectivity index (χ4n) is 3.04. The fraction of sp³-hybridized carbons (Fsp3) is 0.286. The minimum Gasteiger partial charge on any atom is -0.378 e. The van der Waals surface area contributed by atoms with Crippen LogP contribution in [0.1, 0.15) is 37.6 Å². The largest absolute Gasteiger partial charge is 0.378 e. The van der Waals surface area contributed by atoms with Gasteiger partial charge in [0, 0.05) is 43.9 Å². The van der Waals surface area contributed by atoms with Crippen molar-refractivity contribution in [3.63, 3.8) is 0 Å². The Kier molecular flexibility index (Phi) is 4.08. The van der Waals surface area contributed by atoms with Crippen LogP contribution in [0.3, 0.4) is 0 Å². The second kappa shape index (κ2) is 6.04. The highest BCUT2D eigenvalue weighted by molar-refractivity contribution is 5.93. The van der Waals surface area contributed by atoms with E-state index in [0.29, 0.717) is 0 Å². The van der Waals surface area contributed by atoms with Crippen molar-refractivity contribution in [1.82, 2.24) is 0 Å². The first-order valence-electron chi connectivity index (χ1n) is 8.23. The van der Waals surface area contributed by atoms with Gasteiger partial charge in [-0.3, -0.25) is 0 Å². The predicted octanol–water partition coefficient (Wildman–Crippen LogP) is 4.41. The van der Waals surface area contributed by atoms with Crippen molar-refractivity contribution in [1.29, 1.82) is 0 Å². The molecule has 0 saturated heterocycles. The zero-order valence-corrected chi connectivity index (χ0v) is 14.7. The third-order valence-electron chi connectivity index (χ3n) is 4.72. The summed E-state index contributed by atoms with van der Waals surface area (Å²) in [5.41, 5.74) is 9.13. The molecule has 1 aliphatic rings. The van der Waals surface area contributed by atoms with Crippen molar-refractivity contribution in [2.45, 2.75) is 27.2 Å². The fourth-order valence-corrected chi connectivity index (χ4v) is 3.04. The lowest BCUT2D eigenvalue weighted by Crippen LogP contribution is -2.32. The lowest BCUT2D eigenvalue weighted by molar-refractivity contribution is -0.581. The third kappa shape index (κ3) is 2.81. The summed E-state index contributed by atoms with van der Waals surface area (Å²) in [7, 11) is 4.14. The summed E-state index contributed by atoms with van der Waals surface area (Å²) < 4.78 is 2.33. The van der Waals surface area contributed by atoms with Crippen LogP contribution in [0.2, 0.25) is 0 Å². The zero-order valence-electron chi connectivity index (χ0n) is 14.7. The van der Waals surface area contributed by atoms with E-state index < -0.39 is 0 Å². The highest BCUT2D eigenvalue weighted by atomic mass is 15.1. The lowest BCUT2D eigenvalue weighted by atomic mass is 10.0. The summed E-state index contributed by atoms with van der Waals surface area (Å²) in [4.78, 5) is 2.12. The molecule has 0 unspecified atom stereocenters. The van der Waals surface area contributed by atoms with Crippen LogP contribution in [0, 0.1) is 0 Å². The van der Waals surface area contributed by atoms with E-state index in [-0.39, 0.29) is 0 Å². The molecule has 0 bridgehead atoms. The quantitative estimate of drug-likeness (QED) is 0.762. The molecule has 2 heteroatoms. The second-order valence-corrected chi connectivity index (χ2v) is 6.40. The summed E-state index contributed by atoms with van der Waals surface area (Å²) in [5.74, 6) is 0. The summed E-state index contributed by atoms with van der Waals surface area (Å²) in [6, 6.07) is 13.2. The molecule has 1 aromatic heterocycles. The van der Waals surface area contributed by atoms with Crippen LogP contribution in [0.25, 0.3) is 17.3 Å². The number of hydrogen-bond acceptors (Lipinski definition) is 1. The zero-order chi connectivity index (χ0) is 16.6. The molecule has 2 heterocycles. The average molecular weight is 305 g/mol. The number of aromatic nitrogens is 1. The van der Waals surface area contributed by atoms with Gasteiger partial charge >= 0.3 is 0 Å². The molecule has 0 fully saturated rings. The maximum atomic E-state index is 2.33. The molecule has 0 saturated carbocycles. The Balaban J connectivity index is 2.04. The Morgan fingerprint density at radius 2 is 1.70 bits per heavy atom. The summed E-state index contributed by atoms with van der Waals surface area (Å²) in [6.45, 7) is 6.62. The number of nitrogens with zero attached hydrogens (tertiary/aromatic N) is 2. The maximum Gasteiger partial charge on any atom is 0.218 e. The monoisotopic (exact) mass is 305 g/mol. The Hall–Kier alpha value is -2.35. The van der Waals surface area contributed by atoms with Crippen molar-refractivity contribution in [3.8, 4) is 0 Å². The smallest absolute Gasteiger partial charge is 0.218 e. The number of rotatable bonds is 3. The molecular weight excluding hydrogens is 280 g/mol. The van der Waals surface area contributed by atoms with Gasteiger partial charge < -0.3 is 4.90 Å². The Morgan fingerprint density at radius 3 is 2.30 bits per heavy atom. The van der Waals surface area contributed by atoms with E-state index in [1.165, 1.54) is 39.4 Å². The van der Waals surface area contributed by atoms with Gasteiger partial charge in [0.25, 0.3) is 0 Å². The number of pyridine rings is 1. The first kappa shape index (κ1) is 15.5. The molecule has 2 nitrogen and oxygen atoms in total. The van der Waals surface area contributed by atoms with Gasteiger partial charge in [0.15, 0.2) is 11.9 Å². The lowest BCUT2D eigenvalue weighted by Gasteiger charge is -2.11. The highest BCUT2D eigenvalue weighted by Gasteiger charge is 2.29. The summed E-state index contributed by atoms with van der Waals surface area (Å²) >= 11 is 0. The summed E-state index contributed by atoms with van der Waals surface area (Å²) in [5, 5.41) is 0. The number of fused-ring (bicyclic) bond motifs is 1.